The fourth-order valence-electron chi connectivity index (χ4n) is 2.66. The first-order valence-corrected chi connectivity index (χ1v) is 8.26. The lowest BCUT2D eigenvalue weighted by molar-refractivity contribution is 0.623. The second kappa shape index (κ2) is 7.48. The Morgan fingerprint density at radius 2 is 1.67 bits per heavy atom. The Kier molecular flexibility index (Phi) is 5.61. The molecule has 0 aromatic heterocycles. The van der Waals surface area contributed by atoms with Crippen LogP contribution in [0.25, 0.3) is 11.3 Å². The molecule has 2 aromatic rings. The van der Waals surface area contributed by atoms with Crippen LogP contribution in [0.15, 0.2) is 54.6 Å². The lowest BCUT2D eigenvalue weighted by atomic mass is 9.95. The maximum atomic E-state index is 13.1. The highest BCUT2D eigenvalue weighted by Gasteiger charge is 2.10. The highest BCUT2D eigenvalue weighted by atomic mass is 19.1. The highest BCUT2D eigenvalue weighted by molar-refractivity contribution is 5.73. The van der Waals surface area contributed by atoms with Gasteiger partial charge in [-0.05, 0) is 80.6 Å². The number of nitrogens with one attached hydrogen (secondary N) is 1. The predicted molar refractivity (Wildman–Crippen MR) is 102 cm³/mol. The number of benzene rings is 2. The topological polar surface area (TPSA) is 12.0 Å². The van der Waals surface area contributed by atoms with Gasteiger partial charge in [-0.3, -0.25) is 0 Å². The SMILES string of the molecule is C=C(NC(C)c1ccc(F)cc1)c1ccc(C)c(C(C)=C(C)C)c1. The minimum Gasteiger partial charge on any atom is -0.379 e. The summed E-state index contributed by atoms with van der Waals surface area (Å²) >= 11 is 0. The predicted octanol–water partition coefficient (Wildman–Crippen LogP) is 6.27. The summed E-state index contributed by atoms with van der Waals surface area (Å²) in [5.74, 6) is -0.217. The summed E-state index contributed by atoms with van der Waals surface area (Å²) < 4.78 is 13.1. The van der Waals surface area contributed by atoms with E-state index in [9.17, 15) is 4.39 Å². The van der Waals surface area contributed by atoms with Gasteiger partial charge in [0.25, 0.3) is 0 Å². The number of hydrogen-bond acceptors (Lipinski definition) is 1. The summed E-state index contributed by atoms with van der Waals surface area (Å²) in [6, 6.07) is 13.0. The van der Waals surface area contributed by atoms with E-state index in [2.05, 4.69) is 64.7 Å². The number of hydrogen-bond donors (Lipinski definition) is 1. The third-order valence-corrected chi connectivity index (χ3v) is 4.50. The molecule has 24 heavy (non-hydrogen) atoms. The molecule has 2 rings (SSSR count). The Labute approximate surface area is 144 Å². The van der Waals surface area contributed by atoms with Crippen LogP contribution in [0.2, 0.25) is 0 Å². The summed E-state index contributed by atoms with van der Waals surface area (Å²) in [6.07, 6.45) is 0. The first kappa shape index (κ1) is 18.0. The molecule has 0 bridgehead atoms. The normalized spacial score (nSPS) is 11.8. The minimum atomic E-state index is -0.217. The van der Waals surface area contributed by atoms with Gasteiger partial charge in [-0.25, -0.2) is 4.39 Å². The van der Waals surface area contributed by atoms with Crippen LogP contribution < -0.4 is 5.32 Å². The highest BCUT2D eigenvalue weighted by Crippen LogP contribution is 2.26. The fourth-order valence-corrected chi connectivity index (χ4v) is 2.66. The third-order valence-electron chi connectivity index (χ3n) is 4.50. The van der Waals surface area contributed by atoms with Crippen molar-refractivity contribution in [1.29, 1.82) is 0 Å². The lowest BCUT2D eigenvalue weighted by Crippen LogP contribution is -2.16. The van der Waals surface area contributed by atoms with E-state index >= 15 is 0 Å². The van der Waals surface area contributed by atoms with Crippen LogP contribution in [0.5, 0.6) is 0 Å². The van der Waals surface area contributed by atoms with Crippen molar-refractivity contribution < 1.29 is 4.39 Å². The standard InChI is InChI=1S/C22H26FN/c1-14(2)16(4)22-13-20(8-7-15(22)3)18(6)24-17(5)19-9-11-21(23)12-10-19/h7-13,17,24H,6H2,1-5H3. The van der Waals surface area contributed by atoms with E-state index in [0.717, 1.165) is 16.8 Å². The van der Waals surface area contributed by atoms with Crippen LogP contribution >= 0.6 is 0 Å². The zero-order valence-electron chi connectivity index (χ0n) is 15.2. The molecule has 0 amide bonds. The third kappa shape index (κ3) is 4.14. The number of aryl methyl sites for hydroxylation is 1. The van der Waals surface area contributed by atoms with Crippen molar-refractivity contribution in [2.75, 3.05) is 0 Å². The van der Waals surface area contributed by atoms with Crippen LogP contribution in [0.1, 0.15) is 56.0 Å². The van der Waals surface area contributed by atoms with Crippen LogP contribution in [-0.2, 0) is 0 Å². The molecule has 0 saturated carbocycles. The maximum absolute atomic E-state index is 13.1. The fraction of sp³-hybridized carbons (Fsp3) is 0.273. The Bertz CT molecular complexity index is 765. The van der Waals surface area contributed by atoms with Crippen molar-refractivity contribution in [3.05, 3.63) is 82.7 Å². The van der Waals surface area contributed by atoms with Crippen LogP contribution in [-0.4, -0.2) is 0 Å². The van der Waals surface area contributed by atoms with Crippen LogP contribution in [0.4, 0.5) is 4.39 Å². The Morgan fingerprint density at radius 3 is 2.25 bits per heavy atom. The van der Waals surface area contributed by atoms with E-state index in [0.29, 0.717) is 0 Å². The number of halogens is 1. The minimum absolute atomic E-state index is 0.0624. The van der Waals surface area contributed by atoms with Gasteiger partial charge in [-0.15, -0.1) is 0 Å². The first-order chi connectivity index (χ1) is 11.3. The molecule has 1 N–H and O–H groups in total. The van der Waals surface area contributed by atoms with Gasteiger partial charge in [0.2, 0.25) is 0 Å². The van der Waals surface area contributed by atoms with Crippen molar-refractivity contribution in [3.8, 4) is 0 Å². The maximum Gasteiger partial charge on any atom is 0.123 e. The molecule has 0 heterocycles. The zero-order valence-corrected chi connectivity index (χ0v) is 15.2. The lowest BCUT2D eigenvalue weighted by Gasteiger charge is -2.19. The molecular weight excluding hydrogens is 297 g/mol. The molecule has 0 fully saturated rings. The monoisotopic (exact) mass is 323 g/mol. The summed E-state index contributed by atoms with van der Waals surface area (Å²) in [5.41, 5.74) is 8.11. The van der Waals surface area contributed by atoms with Gasteiger partial charge in [-0.2, -0.15) is 0 Å². The van der Waals surface area contributed by atoms with Gasteiger partial charge in [0, 0.05) is 11.7 Å². The van der Waals surface area contributed by atoms with E-state index in [4.69, 9.17) is 0 Å². The van der Waals surface area contributed by atoms with E-state index in [1.54, 1.807) is 12.1 Å². The first-order valence-electron chi connectivity index (χ1n) is 8.26. The van der Waals surface area contributed by atoms with E-state index in [1.807, 2.05) is 0 Å². The van der Waals surface area contributed by atoms with Crippen molar-refractivity contribution in [2.24, 2.45) is 0 Å². The summed E-state index contributed by atoms with van der Waals surface area (Å²) in [7, 11) is 0. The summed E-state index contributed by atoms with van der Waals surface area (Å²) in [5, 5.41) is 3.41. The summed E-state index contributed by atoms with van der Waals surface area (Å²) in [4.78, 5) is 0. The van der Waals surface area contributed by atoms with E-state index in [1.165, 1.54) is 34.4 Å². The molecule has 0 spiro atoms. The quantitative estimate of drug-likeness (QED) is 0.684. The second-order valence-corrected chi connectivity index (χ2v) is 6.55. The van der Waals surface area contributed by atoms with Gasteiger partial charge in [0.15, 0.2) is 0 Å². The van der Waals surface area contributed by atoms with Gasteiger partial charge in [0.1, 0.15) is 5.82 Å². The average molecular weight is 323 g/mol. The number of allylic oxidation sites excluding steroid dienone is 2. The van der Waals surface area contributed by atoms with Crippen molar-refractivity contribution >= 4 is 11.3 Å². The molecule has 2 aromatic carbocycles. The molecular formula is C22H26FN. The smallest absolute Gasteiger partial charge is 0.123 e. The molecule has 0 radical (unpaired) electrons. The van der Waals surface area contributed by atoms with Gasteiger partial charge >= 0.3 is 0 Å². The van der Waals surface area contributed by atoms with Crippen molar-refractivity contribution in [1.82, 2.24) is 5.32 Å². The van der Waals surface area contributed by atoms with E-state index < -0.39 is 0 Å². The zero-order chi connectivity index (χ0) is 17.9. The molecule has 2 heteroatoms. The molecule has 1 atom stereocenters. The van der Waals surface area contributed by atoms with E-state index in [-0.39, 0.29) is 11.9 Å². The molecule has 0 aliphatic rings. The van der Waals surface area contributed by atoms with Gasteiger partial charge < -0.3 is 5.32 Å². The van der Waals surface area contributed by atoms with Crippen molar-refractivity contribution in [2.45, 2.75) is 40.7 Å². The molecule has 1 unspecified atom stereocenters. The average Bonchev–Trinajstić information content (AvgIpc) is 2.54. The van der Waals surface area contributed by atoms with Crippen LogP contribution in [0.3, 0.4) is 0 Å². The molecule has 0 aliphatic heterocycles. The second-order valence-electron chi connectivity index (χ2n) is 6.55. The van der Waals surface area contributed by atoms with Crippen LogP contribution in [0, 0.1) is 12.7 Å². The molecule has 0 saturated heterocycles. The Balaban J connectivity index is 2.22. The summed E-state index contributed by atoms with van der Waals surface area (Å²) in [6.45, 7) is 14.8. The molecule has 126 valence electrons. The van der Waals surface area contributed by atoms with Gasteiger partial charge in [0.05, 0.1) is 0 Å². The largest absolute Gasteiger partial charge is 0.379 e. The van der Waals surface area contributed by atoms with Crippen molar-refractivity contribution in [3.63, 3.8) is 0 Å². The Morgan fingerprint density at radius 1 is 1.04 bits per heavy atom. The molecule has 1 nitrogen and oxygen atoms in total. The Hall–Kier alpha value is -2.35. The molecule has 0 aliphatic carbocycles. The van der Waals surface area contributed by atoms with Gasteiger partial charge in [-0.1, -0.05) is 36.4 Å². The number of rotatable bonds is 5.